The van der Waals surface area contributed by atoms with E-state index in [0.717, 1.165) is 32.3 Å². The molecule has 0 fully saturated rings. The Morgan fingerprint density at radius 1 is 0.688 bits per heavy atom. The van der Waals surface area contributed by atoms with Crippen LogP contribution in [-0.2, 0) is 13.2 Å². The Morgan fingerprint density at radius 3 is 2.03 bits per heavy atom. The van der Waals surface area contributed by atoms with Gasteiger partial charge in [0.1, 0.15) is 23.5 Å². The van der Waals surface area contributed by atoms with Crippen LogP contribution in [0.2, 0.25) is 0 Å². The van der Waals surface area contributed by atoms with Gasteiger partial charge < -0.3 is 9.47 Å². The van der Waals surface area contributed by atoms with E-state index in [9.17, 15) is 0 Å². The lowest BCUT2D eigenvalue weighted by Gasteiger charge is -2.13. The summed E-state index contributed by atoms with van der Waals surface area (Å²) in [5.41, 5.74) is 3.84. The Hall–Kier alpha value is -3.64. The van der Waals surface area contributed by atoms with Gasteiger partial charge in [-0.1, -0.05) is 78.9 Å². The van der Waals surface area contributed by atoms with Crippen LogP contribution >= 0.6 is 15.9 Å². The zero-order valence-electron chi connectivity index (χ0n) is 17.2. The number of hydrogen-bond acceptors (Lipinski definition) is 4. The maximum absolute atomic E-state index is 6.16. The smallest absolute Gasteiger partial charge is 0.243 e. The van der Waals surface area contributed by atoms with Crippen LogP contribution in [0.25, 0.3) is 16.6 Å². The van der Waals surface area contributed by atoms with Crippen LogP contribution in [-0.4, -0.2) is 14.8 Å². The molecule has 6 heteroatoms. The SMILES string of the molecule is Brc1nn(-c2ccc(OCc3ccccc3)nc2OCc2ccccc2)c2ccccc12. The molecule has 5 nitrogen and oxygen atoms in total. The van der Waals surface area contributed by atoms with Crippen molar-refractivity contribution in [2.24, 2.45) is 0 Å². The lowest BCUT2D eigenvalue weighted by Crippen LogP contribution is -2.06. The molecule has 5 rings (SSSR count). The van der Waals surface area contributed by atoms with E-state index >= 15 is 0 Å². The zero-order valence-corrected chi connectivity index (χ0v) is 18.8. The van der Waals surface area contributed by atoms with E-state index in [1.807, 2.05) is 102 Å². The molecule has 0 amide bonds. The van der Waals surface area contributed by atoms with Gasteiger partial charge in [-0.2, -0.15) is 10.1 Å². The van der Waals surface area contributed by atoms with Crippen LogP contribution in [0.15, 0.2) is 102 Å². The number of hydrogen-bond donors (Lipinski definition) is 0. The third-order valence-corrected chi connectivity index (χ3v) is 5.62. The Balaban J connectivity index is 1.49. The van der Waals surface area contributed by atoms with E-state index in [1.165, 1.54) is 0 Å². The van der Waals surface area contributed by atoms with E-state index in [0.29, 0.717) is 25.0 Å². The number of aromatic nitrogens is 3. The van der Waals surface area contributed by atoms with Gasteiger partial charge in [-0.25, -0.2) is 4.68 Å². The fraction of sp³-hybridized carbons (Fsp3) is 0.0769. The quantitative estimate of drug-likeness (QED) is 0.269. The van der Waals surface area contributed by atoms with Gasteiger partial charge in [0.25, 0.3) is 0 Å². The highest BCUT2D eigenvalue weighted by Crippen LogP contribution is 2.31. The molecule has 5 aromatic rings. The standard InChI is InChI=1S/C26H20BrN3O2/c27-25-21-13-7-8-14-22(21)30(29-25)23-15-16-24(31-17-19-9-3-1-4-10-19)28-26(23)32-18-20-11-5-2-6-12-20/h1-16H,17-18H2. The first-order chi connectivity index (χ1) is 15.8. The highest BCUT2D eigenvalue weighted by Gasteiger charge is 2.16. The zero-order chi connectivity index (χ0) is 21.8. The first-order valence-electron chi connectivity index (χ1n) is 10.3. The Kier molecular flexibility index (Phi) is 5.85. The molecule has 0 unspecified atom stereocenters. The number of benzene rings is 3. The van der Waals surface area contributed by atoms with Gasteiger partial charge in [-0.15, -0.1) is 0 Å². The number of pyridine rings is 1. The summed E-state index contributed by atoms with van der Waals surface area (Å²) in [4.78, 5) is 4.67. The minimum atomic E-state index is 0.392. The summed E-state index contributed by atoms with van der Waals surface area (Å²) in [7, 11) is 0. The number of ether oxygens (including phenoxy) is 2. The van der Waals surface area contributed by atoms with Gasteiger partial charge in [-0.05, 0) is 39.2 Å². The van der Waals surface area contributed by atoms with Crippen molar-refractivity contribution in [2.75, 3.05) is 0 Å². The summed E-state index contributed by atoms with van der Waals surface area (Å²) < 4.78 is 14.7. The first kappa shape index (κ1) is 20.3. The second-order valence-electron chi connectivity index (χ2n) is 7.24. The molecular formula is C26H20BrN3O2. The second kappa shape index (κ2) is 9.24. The average Bonchev–Trinajstić information content (AvgIpc) is 3.19. The molecule has 158 valence electrons. The molecule has 0 saturated heterocycles. The van der Waals surface area contributed by atoms with E-state index in [4.69, 9.17) is 9.47 Å². The molecule has 0 saturated carbocycles. The summed E-state index contributed by atoms with van der Waals surface area (Å²) in [6.45, 7) is 0.824. The van der Waals surface area contributed by atoms with E-state index in [1.54, 1.807) is 0 Å². The summed E-state index contributed by atoms with van der Waals surface area (Å²) in [6, 6.07) is 31.8. The van der Waals surface area contributed by atoms with E-state index in [2.05, 4.69) is 26.0 Å². The van der Waals surface area contributed by atoms with Crippen molar-refractivity contribution >= 4 is 26.8 Å². The number of halogens is 1. The minimum absolute atomic E-state index is 0.392. The van der Waals surface area contributed by atoms with Crippen LogP contribution in [0.1, 0.15) is 11.1 Å². The fourth-order valence-electron chi connectivity index (χ4n) is 3.43. The monoisotopic (exact) mass is 485 g/mol. The van der Waals surface area contributed by atoms with Crippen LogP contribution in [0.4, 0.5) is 0 Å². The van der Waals surface area contributed by atoms with E-state index < -0.39 is 0 Å². The lowest BCUT2D eigenvalue weighted by molar-refractivity contribution is 0.267. The molecule has 0 spiro atoms. The maximum atomic E-state index is 6.16. The molecule has 3 aromatic carbocycles. The van der Waals surface area contributed by atoms with Crippen molar-refractivity contribution in [3.63, 3.8) is 0 Å². The fourth-order valence-corrected chi connectivity index (χ4v) is 3.93. The lowest BCUT2D eigenvalue weighted by atomic mass is 10.2. The molecular weight excluding hydrogens is 466 g/mol. The predicted molar refractivity (Wildman–Crippen MR) is 128 cm³/mol. The summed E-state index contributed by atoms with van der Waals surface area (Å²) in [5, 5.41) is 5.69. The summed E-state index contributed by atoms with van der Waals surface area (Å²) >= 11 is 3.56. The Labute approximate surface area is 194 Å². The molecule has 0 radical (unpaired) electrons. The van der Waals surface area contributed by atoms with Gasteiger partial charge in [0.05, 0.1) is 5.52 Å². The Morgan fingerprint density at radius 2 is 1.31 bits per heavy atom. The maximum Gasteiger partial charge on any atom is 0.243 e. The average molecular weight is 486 g/mol. The van der Waals surface area contributed by atoms with E-state index in [-0.39, 0.29) is 0 Å². The topological polar surface area (TPSA) is 49.2 Å². The number of para-hydroxylation sites is 1. The van der Waals surface area contributed by atoms with Gasteiger partial charge in [0.2, 0.25) is 11.8 Å². The predicted octanol–water partition coefficient (Wildman–Crippen LogP) is 6.34. The van der Waals surface area contributed by atoms with Crippen molar-refractivity contribution in [3.05, 3.63) is 113 Å². The van der Waals surface area contributed by atoms with Crippen LogP contribution in [0.3, 0.4) is 0 Å². The number of fused-ring (bicyclic) bond motifs is 1. The van der Waals surface area contributed by atoms with Crippen LogP contribution in [0, 0.1) is 0 Å². The molecule has 2 aromatic heterocycles. The Bertz CT molecular complexity index is 1340. The molecule has 0 atom stereocenters. The third kappa shape index (κ3) is 4.36. The highest BCUT2D eigenvalue weighted by molar-refractivity contribution is 9.10. The molecule has 0 bridgehead atoms. The van der Waals surface area contributed by atoms with Gasteiger partial charge >= 0.3 is 0 Å². The summed E-state index contributed by atoms with van der Waals surface area (Å²) in [5.74, 6) is 0.955. The van der Waals surface area contributed by atoms with Crippen LogP contribution < -0.4 is 9.47 Å². The number of rotatable bonds is 7. The molecule has 0 N–H and O–H groups in total. The number of nitrogens with zero attached hydrogens (tertiary/aromatic N) is 3. The van der Waals surface area contributed by atoms with Crippen molar-refractivity contribution in [1.82, 2.24) is 14.8 Å². The van der Waals surface area contributed by atoms with Crippen molar-refractivity contribution in [3.8, 4) is 17.4 Å². The van der Waals surface area contributed by atoms with Gasteiger partial charge in [-0.3, -0.25) is 0 Å². The van der Waals surface area contributed by atoms with Gasteiger partial charge in [0.15, 0.2) is 0 Å². The molecule has 0 aliphatic rings. The molecule has 0 aliphatic heterocycles. The molecule has 2 heterocycles. The van der Waals surface area contributed by atoms with Crippen molar-refractivity contribution in [2.45, 2.75) is 13.2 Å². The molecule has 32 heavy (non-hydrogen) atoms. The highest BCUT2D eigenvalue weighted by atomic mass is 79.9. The normalized spacial score (nSPS) is 10.9. The third-order valence-electron chi connectivity index (χ3n) is 5.03. The van der Waals surface area contributed by atoms with Crippen LogP contribution in [0.5, 0.6) is 11.8 Å². The molecule has 0 aliphatic carbocycles. The van der Waals surface area contributed by atoms with Crippen molar-refractivity contribution in [1.29, 1.82) is 0 Å². The van der Waals surface area contributed by atoms with Crippen molar-refractivity contribution < 1.29 is 9.47 Å². The minimum Gasteiger partial charge on any atom is -0.473 e. The second-order valence-corrected chi connectivity index (χ2v) is 7.99. The largest absolute Gasteiger partial charge is 0.473 e. The summed E-state index contributed by atoms with van der Waals surface area (Å²) in [6.07, 6.45) is 0. The first-order valence-corrected chi connectivity index (χ1v) is 11.1. The van der Waals surface area contributed by atoms with Gasteiger partial charge in [0, 0.05) is 11.5 Å².